The molecule has 2 aromatic rings. The van der Waals surface area contributed by atoms with Crippen LogP contribution < -0.4 is 5.32 Å². The van der Waals surface area contributed by atoms with Crippen molar-refractivity contribution in [1.29, 1.82) is 0 Å². The Morgan fingerprint density at radius 1 is 1.10 bits per heavy atom. The molecule has 0 spiro atoms. The highest BCUT2D eigenvalue weighted by atomic mass is 32.1. The van der Waals surface area contributed by atoms with Crippen molar-refractivity contribution in [1.82, 2.24) is 5.32 Å². The minimum Gasteiger partial charge on any atom is -0.307 e. The zero-order chi connectivity index (χ0) is 13.9. The second-order valence-electron chi connectivity index (χ2n) is 6.26. The van der Waals surface area contributed by atoms with Crippen LogP contribution in [0.3, 0.4) is 0 Å². The number of rotatable bonds is 4. The first kappa shape index (κ1) is 14.1. The van der Waals surface area contributed by atoms with Crippen LogP contribution in [0.1, 0.15) is 56.9 Å². The summed E-state index contributed by atoms with van der Waals surface area (Å²) in [6.07, 6.45) is 7.11. The molecule has 1 nitrogen and oxygen atoms in total. The van der Waals surface area contributed by atoms with Gasteiger partial charge in [-0.05, 0) is 50.1 Å². The van der Waals surface area contributed by atoms with Crippen molar-refractivity contribution in [3.63, 3.8) is 0 Å². The Morgan fingerprint density at radius 2 is 1.85 bits per heavy atom. The van der Waals surface area contributed by atoms with Crippen LogP contribution in [0, 0.1) is 5.92 Å². The standard InChI is InChI=1S/C18H25NS/c1-13(15-8-4-3-5-9-15)19-14(2)18-12-16-10-6-7-11-17(16)20-18/h6-7,10-15,19H,3-5,8-9H2,1-2H3/t13-,14?/m1/s1. The first-order valence-corrected chi connectivity index (χ1v) is 8.80. The largest absolute Gasteiger partial charge is 0.307 e. The Bertz CT molecular complexity index is 520. The van der Waals surface area contributed by atoms with E-state index in [1.807, 2.05) is 11.3 Å². The highest BCUT2D eigenvalue weighted by Gasteiger charge is 2.22. The third-order valence-electron chi connectivity index (χ3n) is 4.74. The summed E-state index contributed by atoms with van der Waals surface area (Å²) in [5, 5.41) is 5.22. The summed E-state index contributed by atoms with van der Waals surface area (Å²) in [4.78, 5) is 1.47. The Hall–Kier alpha value is -0.860. The summed E-state index contributed by atoms with van der Waals surface area (Å²) >= 11 is 1.93. The van der Waals surface area contributed by atoms with E-state index in [-0.39, 0.29) is 0 Å². The number of thiophene rings is 1. The van der Waals surface area contributed by atoms with Crippen LogP contribution in [0.25, 0.3) is 10.1 Å². The molecule has 1 aromatic heterocycles. The third kappa shape index (κ3) is 3.07. The predicted octanol–water partition coefficient (Wildman–Crippen LogP) is 5.52. The molecule has 108 valence electrons. The summed E-state index contributed by atoms with van der Waals surface area (Å²) in [5.41, 5.74) is 0. The molecule has 1 heterocycles. The lowest BCUT2D eigenvalue weighted by molar-refractivity contribution is 0.269. The summed E-state index contributed by atoms with van der Waals surface area (Å²) in [5.74, 6) is 0.876. The molecule has 1 aliphatic carbocycles. The third-order valence-corrected chi connectivity index (χ3v) is 6.04. The van der Waals surface area contributed by atoms with Crippen molar-refractivity contribution < 1.29 is 0 Å². The molecule has 1 N–H and O–H groups in total. The molecule has 0 bridgehead atoms. The van der Waals surface area contributed by atoms with E-state index < -0.39 is 0 Å². The highest BCUT2D eigenvalue weighted by molar-refractivity contribution is 7.19. The molecule has 20 heavy (non-hydrogen) atoms. The molecular weight excluding hydrogens is 262 g/mol. The molecule has 0 amide bonds. The van der Waals surface area contributed by atoms with Crippen molar-refractivity contribution in [2.24, 2.45) is 5.92 Å². The van der Waals surface area contributed by atoms with Crippen LogP contribution >= 0.6 is 11.3 Å². The number of benzene rings is 1. The summed E-state index contributed by atoms with van der Waals surface area (Å²) in [6.45, 7) is 4.68. The van der Waals surface area contributed by atoms with Gasteiger partial charge in [-0.2, -0.15) is 0 Å². The van der Waals surface area contributed by atoms with Gasteiger partial charge in [-0.3, -0.25) is 0 Å². The van der Waals surface area contributed by atoms with Crippen LogP contribution in [0.5, 0.6) is 0 Å². The van der Waals surface area contributed by atoms with Gasteiger partial charge in [0.15, 0.2) is 0 Å². The zero-order valence-corrected chi connectivity index (χ0v) is 13.4. The monoisotopic (exact) mass is 287 g/mol. The first-order chi connectivity index (χ1) is 9.74. The molecule has 2 atom stereocenters. The zero-order valence-electron chi connectivity index (χ0n) is 12.6. The average Bonchev–Trinajstić information content (AvgIpc) is 2.92. The van der Waals surface area contributed by atoms with Gasteiger partial charge in [-0.15, -0.1) is 11.3 Å². The molecule has 0 radical (unpaired) electrons. The quantitative estimate of drug-likeness (QED) is 0.780. The van der Waals surface area contributed by atoms with E-state index in [9.17, 15) is 0 Å². The van der Waals surface area contributed by atoms with Crippen LogP contribution in [0.4, 0.5) is 0 Å². The maximum absolute atomic E-state index is 3.84. The van der Waals surface area contributed by atoms with Crippen LogP contribution in [0.2, 0.25) is 0 Å². The predicted molar refractivity (Wildman–Crippen MR) is 89.4 cm³/mol. The molecule has 0 aliphatic heterocycles. The number of hydrogen-bond donors (Lipinski definition) is 1. The van der Waals surface area contributed by atoms with E-state index in [1.54, 1.807) is 0 Å². The minimum absolute atomic E-state index is 0.462. The van der Waals surface area contributed by atoms with Crippen molar-refractivity contribution in [3.05, 3.63) is 35.2 Å². The Morgan fingerprint density at radius 3 is 2.60 bits per heavy atom. The van der Waals surface area contributed by atoms with Crippen LogP contribution in [-0.2, 0) is 0 Å². The molecule has 1 unspecified atom stereocenters. The van der Waals surface area contributed by atoms with E-state index in [2.05, 4.69) is 49.5 Å². The number of fused-ring (bicyclic) bond motifs is 1. The van der Waals surface area contributed by atoms with Crippen LogP contribution in [0.15, 0.2) is 30.3 Å². The van der Waals surface area contributed by atoms with Crippen LogP contribution in [-0.4, -0.2) is 6.04 Å². The van der Waals surface area contributed by atoms with Gasteiger partial charge in [0.2, 0.25) is 0 Å². The van der Waals surface area contributed by atoms with Gasteiger partial charge in [0.25, 0.3) is 0 Å². The van der Waals surface area contributed by atoms with Gasteiger partial charge in [-0.25, -0.2) is 0 Å². The lowest BCUT2D eigenvalue weighted by Gasteiger charge is -2.30. The topological polar surface area (TPSA) is 12.0 Å². The normalized spacial score (nSPS) is 20.1. The maximum atomic E-state index is 3.84. The van der Waals surface area contributed by atoms with E-state index in [4.69, 9.17) is 0 Å². The molecule has 1 aliphatic rings. The van der Waals surface area contributed by atoms with Gasteiger partial charge in [0.05, 0.1) is 0 Å². The van der Waals surface area contributed by atoms with E-state index in [0.717, 1.165) is 5.92 Å². The number of hydrogen-bond acceptors (Lipinski definition) is 2. The summed E-state index contributed by atoms with van der Waals surface area (Å²) in [7, 11) is 0. The number of nitrogens with one attached hydrogen (secondary N) is 1. The first-order valence-electron chi connectivity index (χ1n) is 7.98. The molecule has 1 aromatic carbocycles. The molecule has 3 rings (SSSR count). The van der Waals surface area contributed by atoms with Gasteiger partial charge in [0.1, 0.15) is 0 Å². The Labute approximate surface area is 126 Å². The second-order valence-corrected chi connectivity index (χ2v) is 7.38. The van der Waals surface area contributed by atoms with Gasteiger partial charge in [-0.1, -0.05) is 37.5 Å². The molecular formula is C18H25NS. The van der Waals surface area contributed by atoms with E-state index in [0.29, 0.717) is 12.1 Å². The van der Waals surface area contributed by atoms with Crippen molar-refractivity contribution in [2.45, 2.75) is 58.0 Å². The fraction of sp³-hybridized carbons (Fsp3) is 0.556. The van der Waals surface area contributed by atoms with Crippen molar-refractivity contribution >= 4 is 21.4 Å². The van der Waals surface area contributed by atoms with Gasteiger partial charge >= 0.3 is 0 Å². The highest BCUT2D eigenvalue weighted by Crippen LogP contribution is 2.32. The summed E-state index contributed by atoms with van der Waals surface area (Å²) < 4.78 is 1.40. The van der Waals surface area contributed by atoms with Crippen molar-refractivity contribution in [3.8, 4) is 0 Å². The Kier molecular flexibility index (Phi) is 4.42. The minimum atomic E-state index is 0.462. The van der Waals surface area contributed by atoms with Crippen molar-refractivity contribution in [2.75, 3.05) is 0 Å². The average molecular weight is 287 g/mol. The molecule has 1 fully saturated rings. The van der Waals surface area contributed by atoms with Gasteiger partial charge < -0.3 is 5.32 Å². The smallest absolute Gasteiger partial charge is 0.0388 e. The lowest BCUT2D eigenvalue weighted by Crippen LogP contribution is -2.36. The SMILES string of the molecule is CC(N[C@H](C)C1CCCCC1)c1cc2ccccc2s1. The van der Waals surface area contributed by atoms with E-state index >= 15 is 0 Å². The fourth-order valence-corrected chi connectivity index (χ4v) is 4.54. The lowest BCUT2D eigenvalue weighted by atomic mass is 9.84. The fourth-order valence-electron chi connectivity index (χ4n) is 3.46. The Balaban J connectivity index is 1.67. The summed E-state index contributed by atoms with van der Waals surface area (Å²) in [6, 6.07) is 12.1. The van der Waals surface area contributed by atoms with E-state index in [1.165, 1.54) is 47.1 Å². The molecule has 2 heteroatoms. The maximum Gasteiger partial charge on any atom is 0.0388 e. The van der Waals surface area contributed by atoms with Gasteiger partial charge in [0, 0.05) is 21.7 Å². The molecule has 1 saturated carbocycles. The molecule has 0 saturated heterocycles. The second kappa shape index (κ2) is 6.28.